The molecule has 2 aliphatic rings. The van der Waals surface area contributed by atoms with Crippen LogP contribution in [0.3, 0.4) is 0 Å². The molecule has 2 atom stereocenters. The second-order valence-electron chi connectivity index (χ2n) is 9.38. The zero-order valence-corrected chi connectivity index (χ0v) is 17.0. The summed E-state index contributed by atoms with van der Waals surface area (Å²) in [5, 5.41) is 30.5. The Bertz CT molecular complexity index is 884. The average molecular weight is 370 g/mol. The third kappa shape index (κ3) is 2.50. The Morgan fingerprint density at radius 2 is 1.89 bits per heavy atom. The molecule has 2 aromatic rings. The van der Waals surface area contributed by atoms with Gasteiger partial charge in [-0.15, -0.1) is 10.2 Å². The van der Waals surface area contributed by atoms with Gasteiger partial charge in [0.1, 0.15) is 0 Å². The van der Waals surface area contributed by atoms with E-state index in [1.807, 2.05) is 13.8 Å². The van der Waals surface area contributed by atoms with Crippen LogP contribution in [-0.2, 0) is 11.8 Å². The highest BCUT2D eigenvalue weighted by Crippen LogP contribution is 2.62. The van der Waals surface area contributed by atoms with E-state index in [1.54, 1.807) is 6.92 Å². The third-order valence-electron chi connectivity index (χ3n) is 6.99. The van der Waals surface area contributed by atoms with Crippen molar-refractivity contribution in [3.8, 4) is 11.5 Å². The fourth-order valence-electron chi connectivity index (χ4n) is 5.78. The molecular weight excluding hydrogens is 340 g/mol. The first-order valence-electron chi connectivity index (χ1n) is 10.1. The first-order valence-corrected chi connectivity index (χ1v) is 10.1. The number of aromatic nitrogens is 2. The van der Waals surface area contributed by atoms with Crippen LogP contribution >= 0.6 is 0 Å². The maximum Gasteiger partial charge on any atom is 0.227 e. The molecule has 2 N–H and O–H groups in total. The molecule has 0 saturated heterocycles. The van der Waals surface area contributed by atoms with Gasteiger partial charge >= 0.3 is 0 Å². The van der Waals surface area contributed by atoms with Crippen LogP contribution in [0.4, 0.5) is 0 Å². The Morgan fingerprint density at radius 1 is 1.15 bits per heavy atom. The van der Waals surface area contributed by atoms with Gasteiger partial charge in [0.15, 0.2) is 11.5 Å². The minimum atomic E-state index is -0.534. The van der Waals surface area contributed by atoms with Gasteiger partial charge in [0.25, 0.3) is 0 Å². The Balaban J connectivity index is 2.04. The normalized spacial score (nSPS) is 26.7. The maximum absolute atomic E-state index is 11.2. The first kappa shape index (κ1) is 18.3. The highest BCUT2D eigenvalue weighted by Gasteiger charge is 2.58. The number of hydrogen-bond acceptors (Lipinski definition) is 5. The predicted octanol–water partition coefficient (Wildman–Crippen LogP) is 4.97. The molecule has 1 fully saturated rings. The number of aryl methyl sites for hydroxylation is 2. The molecule has 1 heterocycles. The number of phenols is 2. The van der Waals surface area contributed by atoms with Gasteiger partial charge in [0, 0.05) is 18.1 Å². The second-order valence-corrected chi connectivity index (χ2v) is 9.38. The average Bonchev–Trinajstić information content (AvgIpc) is 3.03. The van der Waals surface area contributed by atoms with Crippen LogP contribution in [0.15, 0.2) is 10.5 Å². The minimum absolute atomic E-state index is 0.00314. The Hall–Kier alpha value is -2.04. The molecule has 0 radical (unpaired) electrons. The standard InChI is InChI=1S/C22H30N2O3/c1-12(2)15-11-14-7-8-16-21(4,5)9-6-10-22(16,17(14)19(26)18(15)25)20-24-23-13(3)27-20/h11-12,16,25-26H,6-10H2,1-5H3/t16-,22+/m0/s1. The van der Waals surface area contributed by atoms with Crippen LogP contribution in [0.5, 0.6) is 11.5 Å². The summed E-state index contributed by atoms with van der Waals surface area (Å²) in [7, 11) is 0. The van der Waals surface area contributed by atoms with E-state index < -0.39 is 5.41 Å². The predicted molar refractivity (Wildman–Crippen MR) is 103 cm³/mol. The van der Waals surface area contributed by atoms with E-state index in [0.29, 0.717) is 11.8 Å². The number of rotatable bonds is 2. The van der Waals surface area contributed by atoms with E-state index in [2.05, 4.69) is 30.1 Å². The number of benzene rings is 1. The monoisotopic (exact) mass is 370 g/mol. The zero-order valence-electron chi connectivity index (χ0n) is 17.0. The number of nitrogens with zero attached hydrogens (tertiary/aromatic N) is 2. The highest BCUT2D eigenvalue weighted by atomic mass is 16.4. The topological polar surface area (TPSA) is 79.4 Å². The molecule has 1 aromatic heterocycles. The van der Waals surface area contributed by atoms with Crippen molar-refractivity contribution in [2.75, 3.05) is 0 Å². The van der Waals surface area contributed by atoms with Crippen LogP contribution in [-0.4, -0.2) is 20.4 Å². The lowest BCUT2D eigenvalue weighted by molar-refractivity contribution is 0.0356. The van der Waals surface area contributed by atoms with Crippen LogP contribution < -0.4 is 0 Å². The summed E-state index contributed by atoms with van der Waals surface area (Å²) in [4.78, 5) is 0. The van der Waals surface area contributed by atoms with Crippen molar-refractivity contribution in [3.05, 3.63) is 34.5 Å². The Kier molecular flexibility index (Phi) is 4.06. The molecule has 27 heavy (non-hydrogen) atoms. The minimum Gasteiger partial charge on any atom is -0.504 e. The summed E-state index contributed by atoms with van der Waals surface area (Å²) in [5.41, 5.74) is 2.29. The molecule has 5 heteroatoms. The van der Waals surface area contributed by atoms with Gasteiger partial charge in [-0.05, 0) is 48.5 Å². The lowest BCUT2D eigenvalue weighted by Crippen LogP contribution is -2.50. The van der Waals surface area contributed by atoms with Crippen LogP contribution in [0.25, 0.3) is 0 Å². The summed E-state index contributed by atoms with van der Waals surface area (Å²) >= 11 is 0. The third-order valence-corrected chi connectivity index (χ3v) is 6.99. The lowest BCUT2D eigenvalue weighted by Gasteiger charge is -2.54. The van der Waals surface area contributed by atoms with Crippen LogP contribution in [0.2, 0.25) is 0 Å². The van der Waals surface area contributed by atoms with E-state index in [9.17, 15) is 10.2 Å². The van der Waals surface area contributed by atoms with Crippen molar-refractivity contribution in [1.82, 2.24) is 10.2 Å². The molecule has 0 spiro atoms. The van der Waals surface area contributed by atoms with Crippen molar-refractivity contribution < 1.29 is 14.6 Å². The van der Waals surface area contributed by atoms with E-state index >= 15 is 0 Å². The molecule has 0 amide bonds. The smallest absolute Gasteiger partial charge is 0.227 e. The van der Waals surface area contributed by atoms with Gasteiger partial charge < -0.3 is 14.6 Å². The van der Waals surface area contributed by atoms with E-state index in [0.717, 1.165) is 48.8 Å². The number of aromatic hydroxyl groups is 2. The summed E-state index contributed by atoms with van der Waals surface area (Å²) in [6, 6.07) is 2.08. The van der Waals surface area contributed by atoms with Gasteiger partial charge in [0.05, 0.1) is 5.41 Å². The van der Waals surface area contributed by atoms with E-state index in [1.165, 1.54) is 0 Å². The van der Waals surface area contributed by atoms with Crippen molar-refractivity contribution >= 4 is 0 Å². The largest absolute Gasteiger partial charge is 0.504 e. The maximum atomic E-state index is 11.2. The molecule has 4 rings (SSSR count). The summed E-state index contributed by atoms with van der Waals surface area (Å²) in [6.07, 6.45) is 4.92. The Labute approximate surface area is 160 Å². The Morgan fingerprint density at radius 3 is 2.52 bits per heavy atom. The lowest BCUT2D eigenvalue weighted by atomic mass is 9.49. The van der Waals surface area contributed by atoms with Crippen molar-refractivity contribution in [2.24, 2.45) is 11.3 Å². The molecule has 1 saturated carbocycles. The summed E-state index contributed by atoms with van der Waals surface area (Å²) in [5.74, 6) is 1.56. The molecule has 0 aliphatic heterocycles. The van der Waals surface area contributed by atoms with Crippen molar-refractivity contribution in [3.63, 3.8) is 0 Å². The van der Waals surface area contributed by atoms with Crippen molar-refractivity contribution in [1.29, 1.82) is 0 Å². The quantitative estimate of drug-likeness (QED) is 0.730. The molecule has 0 bridgehead atoms. The number of hydrogen-bond donors (Lipinski definition) is 2. The van der Waals surface area contributed by atoms with Crippen molar-refractivity contribution in [2.45, 2.75) is 78.1 Å². The SMILES string of the molecule is Cc1nnc([C@]23CCCC(C)(C)[C@@H]2CCc2cc(C(C)C)c(O)c(O)c23)o1. The van der Waals surface area contributed by atoms with Gasteiger partial charge in [0.2, 0.25) is 11.8 Å². The van der Waals surface area contributed by atoms with E-state index in [4.69, 9.17) is 4.42 Å². The number of phenolic OH excluding ortho intramolecular Hbond substituents is 2. The fraction of sp³-hybridized carbons (Fsp3) is 0.636. The fourth-order valence-corrected chi connectivity index (χ4v) is 5.78. The number of fused-ring (bicyclic) bond motifs is 3. The van der Waals surface area contributed by atoms with Crippen LogP contribution in [0.1, 0.15) is 87.8 Å². The zero-order chi connectivity index (χ0) is 19.6. The molecule has 2 aliphatic carbocycles. The molecule has 0 unspecified atom stereocenters. The van der Waals surface area contributed by atoms with E-state index in [-0.39, 0.29) is 28.7 Å². The molecular formula is C22H30N2O3. The first-order chi connectivity index (χ1) is 12.7. The molecule has 1 aromatic carbocycles. The summed E-state index contributed by atoms with van der Waals surface area (Å²) < 4.78 is 5.99. The highest BCUT2D eigenvalue weighted by molar-refractivity contribution is 5.61. The second kappa shape index (κ2) is 5.98. The summed E-state index contributed by atoms with van der Waals surface area (Å²) in [6.45, 7) is 10.5. The molecule has 5 nitrogen and oxygen atoms in total. The van der Waals surface area contributed by atoms with Crippen LogP contribution in [0, 0.1) is 18.3 Å². The van der Waals surface area contributed by atoms with Gasteiger partial charge in [-0.3, -0.25) is 0 Å². The van der Waals surface area contributed by atoms with Gasteiger partial charge in [-0.25, -0.2) is 0 Å². The van der Waals surface area contributed by atoms with Gasteiger partial charge in [-0.1, -0.05) is 40.2 Å². The van der Waals surface area contributed by atoms with Gasteiger partial charge in [-0.2, -0.15) is 0 Å². The molecule has 146 valence electrons.